The van der Waals surface area contributed by atoms with E-state index in [1.165, 1.54) is 44.7 Å². The zero-order valence-corrected chi connectivity index (χ0v) is 24.1. The van der Waals surface area contributed by atoms with Crippen molar-refractivity contribution >= 4 is 45.9 Å². The molecule has 4 aromatic rings. The first kappa shape index (κ1) is 31.1. The molecule has 42 heavy (non-hydrogen) atoms. The summed E-state index contributed by atoms with van der Waals surface area (Å²) in [5.41, 5.74) is -1.09. The molecule has 0 heterocycles. The monoisotopic (exact) mass is 656 g/mol. The van der Waals surface area contributed by atoms with Gasteiger partial charge in [0.15, 0.2) is 5.78 Å². The SMILES string of the molecule is O=C(c1ccc(F)c(S(=O)(=O)NS(=O)(=O)c2ccccc2)c1)c1ccc(F)c(S(=O)(=O)NS(=O)(=O)c2ccccc2)c1. The number of carbonyl (C=O) groups excluding carboxylic acids is 1. The van der Waals surface area contributed by atoms with Crippen molar-refractivity contribution in [2.75, 3.05) is 0 Å². The molecule has 0 radical (unpaired) electrons. The average Bonchev–Trinajstić information content (AvgIpc) is 2.93. The summed E-state index contributed by atoms with van der Waals surface area (Å²) < 4.78 is 133. The van der Waals surface area contributed by atoms with Crippen LogP contribution in [0.3, 0.4) is 0 Å². The summed E-state index contributed by atoms with van der Waals surface area (Å²) in [6.07, 6.45) is 0. The van der Waals surface area contributed by atoms with Gasteiger partial charge in [-0.25, -0.2) is 42.5 Å². The molecule has 0 aliphatic carbocycles. The fourth-order valence-corrected chi connectivity index (χ4v) is 9.59. The van der Waals surface area contributed by atoms with Crippen molar-refractivity contribution in [1.29, 1.82) is 0 Å². The van der Waals surface area contributed by atoms with E-state index < -0.39 is 88.2 Å². The summed E-state index contributed by atoms with van der Waals surface area (Å²) in [6, 6.07) is 16.4. The molecule has 0 aromatic heterocycles. The molecule has 0 atom stereocenters. The van der Waals surface area contributed by atoms with E-state index in [-0.39, 0.29) is 0 Å². The molecule has 0 spiro atoms. The first-order valence-corrected chi connectivity index (χ1v) is 17.3. The van der Waals surface area contributed by atoms with Crippen LogP contribution in [0.2, 0.25) is 0 Å². The quantitative estimate of drug-likeness (QED) is 0.243. The lowest BCUT2D eigenvalue weighted by atomic mass is 10.0. The van der Waals surface area contributed by atoms with Gasteiger partial charge in [0.2, 0.25) is 0 Å². The van der Waals surface area contributed by atoms with E-state index in [1.807, 2.05) is 0 Å². The van der Waals surface area contributed by atoms with E-state index in [0.29, 0.717) is 24.3 Å². The van der Waals surface area contributed by atoms with Crippen LogP contribution in [0.25, 0.3) is 0 Å². The number of hydrogen-bond acceptors (Lipinski definition) is 9. The lowest BCUT2D eigenvalue weighted by molar-refractivity contribution is 0.103. The van der Waals surface area contributed by atoms with Crippen molar-refractivity contribution in [3.63, 3.8) is 0 Å². The van der Waals surface area contributed by atoms with Gasteiger partial charge in [0.05, 0.1) is 9.79 Å². The van der Waals surface area contributed by atoms with E-state index >= 15 is 0 Å². The Labute approximate surface area is 240 Å². The molecule has 11 nitrogen and oxygen atoms in total. The van der Waals surface area contributed by atoms with Crippen LogP contribution in [0.5, 0.6) is 0 Å². The van der Waals surface area contributed by atoms with E-state index in [9.17, 15) is 47.2 Å². The number of nitrogens with one attached hydrogen (secondary N) is 2. The van der Waals surface area contributed by atoms with Crippen LogP contribution in [-0.2, 0) is 40.1 Å². The minimum absolute atomic E-state index is 0.441. The topological polar surface area (TPSA) is 178 Å². The average molecular weight is 657 g/mol. The number of carbonyl (C=O) groups is 1. The van der Waals surface area contributed by atoms with Crippen molar-refractivity contribution in [2.24, 2.45) is 0 Å². The van der Waals surface area contributed by atoms with Crippen molar-refractivity contribution in [3.05, 3.63) is 120 Å². The molecule has 0 bridgehead atoms. The number of halogens is 2. The Morgan fingerprint density at radius 2 is 0.810 bits per heavy atom. The van der Waals surface area contributed by atoms with Crippen molar-refractivity contribution in [2.45, 2.75) is 19.6 Å². The lowest BCUT2D eigenvalue weighted by Gasteiger charge is -2.11. The summed E-state index contributed by atoms with van der Waals surface area (Å²) >= 11 is 0. The highest BCUT2D eigenvalue weighted by atomic mass is 32.3. The third-order valence-electron chi connectivity index (χ3n) is 5.51. The van der Waals surface area contributed by atoms with Crippen LogP contribution in [0.15, 0.2) is 117 Å². The summed E-state index contributed by atoms with van der Waals surface area (Å²) in [4.78, 5) is 9.80. The Kier molecular flexibility index (Phi) is 8.45. The standard InChI is InChI=1S/C25H18F2N2O9S4/c26-21-13-11-17(15-23(21)41(35,36)28-39(31,32)19-7-3-1-4-8-19)25(30)18-12-14-22(27)24(16-18)42(37,38)29-40(33,34)20-9-5-2-6-10-20/h1-16,28-29H. The van der Waals surface area contributed by atoms with Crippen LogP contribution < -0.4 is 8.25 Å². The zero-order valence-electron chi connectivity index (χ0n) is 20.8. The molecule has 220 valence electrons. The minimum atomic E-state index is -5.12. The zero-order chi connectivity index (χ0) is 30.9. The van der Waals surface area contributed by atoms with Gasteiger partial charge in [-0.1, -0.05) is 36.4 Å². The van der Waals surface area contributed by atoms with E-state index in [0.717, 1.165) is 36.4 Å². The second-order valence-electron chi connectivity index (χ2n) is 8.43. The molecule has 4 aromatic carbocycles. The Hall–Kier alpha value is -3.87. The normalized spacial score (nSPS) is 12.6. The molecule has 0 saturated carbocycles. The lowest BCUT2D eigenvalue weighted by Crippen LogP contribution is -2.31. The van der Waals surface area contributed by atoms with Crippen molar-refractivity contribution in [3.8, 4) is 0 Å². The number of sulfonamides is 4. The van der Waals surface area contributed by atoms with Gasteiger partial charge >= 0.3 is 0 Å². The molecule has 0 saturated heterocycles. The molecule has 0 aliphatic rings. The van der Waals surface area contributed by atoms with Gasteiger partial charge in [0, 0.05) is 11.1 Å². The molecule has 0 aliphatic heterocycles. The fraction of sp³-hybridized carbons (Fsp3) is 0. The Morgan fingerprint density at radius 1 is 0.476 bits per heavy atom. The fourth-order valence-electron chi connectivity index (χ4n) is 3.54. The summed E-state index contributed by atoms with van der Waals surface area (Å²) in [5.74, 6) is -3.96. The van der Waals surface area contributed by atoms with Gasteiger partial charge in [-0.2, -0.15) is 0 Å². The van der Waals surface area contributed by atoms with E-state index in [2.05, 4.69) is 0 Å². The molecule has 0 amide bonds. The molecule has 4 rings (SSSR count). The molecular weight excluding hydrogens is 639 g/mol. The van der Waals surface area contributed by atoms with Crippen LogP contribution in [0, 0.1) is 11.6 Å². The van der Waals surface area contributed by atoms with Gasteiger partial charge in [-0.15, -0.1) is 8.25 Å². The minimum Gasteiger partial charge on any atom is -0.289 e. The first-order valence-electron chi connectivity index (χ1n) is 11.3. The van der Waals surface area contributed by atoms with Gasteiger partial charge in [-0.05, 0) is 60.7 Å². The highest BCUT2D eigenvalue weighted by Gasteiger charge is 2.30. The van der Waals surface area contributed by atoms with E-state index in [4.69, 9.17) is 0 Å². The third kappa shape index (κ3) is 6.61. The predicted molar refractivity (Wildman–Crippen MR) is 144 cm³/mol. The maximum atomic E-state index is 14.6. The van der Waals surface area contributed by atoms with Crippen LogP contribution in [-0.4, -0.2) is 39.5 Å². The molecule has 0 unspecified atom stereocenters. The number of hydrogen-bond donors (Lipinski definition) is 2. The summed E-state index contributed by atoms with van der Waals surface area (Å²) in [6.45, 7) is 0. The largest absolute Gasteiger partial charge is 0.289 e. The number of ketones is 1. The number of benzene rings is 4. The van der Waals surface area contributed by atoms with Gasteiger partial charge in [0.1, 0.15) is 21.4 Å². The van der Waals surface area contributed by atoms with Crippen LogP contribution in [0.1, 0.15) is 15.9 Å². The van der Waals surface area contributed by atoms with Crippen LogP contribution in [0.4, 0.5) is 8.78 Å². The van der Waals surface area contributed by atoms with E-state index in [1.54, 1.807) is 0 Å². The van der Waals surface area contributed by atoms with Crippen molar-refractivity contribution in [1.82, 2.24) is 8.25 Å². The Morgan fingerprint density at radius 3 is 1.14 bits per heavy atom. The molecular formula is C25H18F2N2O9S4. The maximum Gasteiger partial charge on any atom is 0.256 e. The van der Waals surface area contributed by atoms with Crippen LogP contribution >= 0.6 is 0 Å². The molecule has 2 N–H and O–H groups in total. The maximum absolute atomic E-state index is 14.6. The number of rotatable bonds is 10. The van der Waals surface area contributed by atoms with Gasteiger partial charge in [-0.3, -0.25) is 4.79 Å². The second-order valence-corrected chi connectivity index (χ2v) is 15.6. The van der Waals surface area contributed by atoms with Gasteiger partial charge < -0.3 is 0 Å². The highest BCUT2D eigenvalue weighted by Crippen LogP contribution is 2.24. The smallest absolute Gasteiger partial charge is 0.256 e. The molecule has 0 fully saturated rings. The summed E-state index contributed by atoms with van der Waals surface area (Å²) in [7, 11) is -19.6. The second kappa shape index (κ2) is 11.4. The Bertz CT molecular complexity index is 1970. The third-order valence-corrected chi connectivity index (χ3v) is 12.6. The van der Waals surface area contributed by atoms with Crippen molar-refractivity contribution < 1.29 is 47.2 Å². The molecule has 17 heteroatoms. The highest BCUT2D eigenvalue weighted by molar-refractivity contribution is 8.05. The summed E-state index contributed by atoms with van der Waals surface area (Å²) in [5, 5.41) is 0. The Balaban J connectivity index is 1.68. The predicted octanol–water partition coefficient (Wildman–Crippen LogP) is 2.53. The first-order chi connectivity index (χ1) is 19.5. The van der Waals surface area contributed by atoms with Gasteiger partial charge in [0.25, 0.3) is 40.1 Å².